The molecule has 0 aliphatic rings. The van der Waals surface area contributed by atoms with Crippen LogP contribution in [0, 0.1) is 17.3 Å². The van der Waals surface area contributed by atoms with Gasteiger partial charge in [-0.25, -0.2) is 4.98 Å². The smallest absolute Gasteiger partial charge is 0.310 e. The van der Waals surface area contributed by atoms with Gasteiger partial charge in [0.1, 0.15) is 6.07 Å². The van der Waals surface area contributed by atoms with Gasteiger partial charge in [-0.3, -0.25) is 4.79 Å². The molecule has 15 heavy (non-hydrogen) atoms. The lowest BCUT2D eigenvalue weighted by Crippen LogP contribution is -2.09. The van der Waals surface area contributed by atoms with Crippen LogP contribution in [0.3, 0.4) is 0 Å². The Morgan fingerprint density at radius 3 is 3.07 bits per heavy atom. The van der Waals surface area contributed by atoms with Crippen LogP contribution in [0.5, 0.6) is 0 Å². The third kappa shape index (κ3) is 3.02. The summed E-state index contributed by atoms with van der Waals surface area (Å²) in [6.45, 7) is 1.94. The number of pyridine rings is 1. The average molecular weight is 208 g/mol. The molecule has 4 nitrogen and oxygen atoms in total. The molecular weight excluding hydrogens is 199 g/mol. The summed E-state index contributed by atoms with van der Waals surface area (Å²) in [7, 11) is 0. The summed E-state index contributed by atoms with van der Waals surface area (Å²) in [5.74, 6) is -1.20. The Morgan fingerprint density at radius 2 is 2.47 bits per heavy atom. The molecule has 0 aromatic carbocycles. The molecule has 0 saturated carbocycles. The van der Waals surface area contributed by atoms with Crippen LogP contribution < -0.4 is 0 Å². The van der Waals surface area contributed by atoms with Crippen LogP contribution in [0.1, 0.15) is 18.1 Å². The molecule has 0 aliphatic heterocycles. The van der Waals surface area contributed by atoms with Gasteiger partial charge < -0.3 is 4.74 Å². The number of nitrogens with zero attached hydrogens (tertiary/aromatic N) is 2. The molecule has 0 amide bonds. The van der Waals surface area contributed by atoms with E-state index in [0.29, 0.717) is 5.56 Å². The van der Waals surface area contributed by atoms with Gasteiger partial charge in [0, 0.05) is 6.20 Å². The Hall–Kier alpha value is -1.96. The van der Waals surface area contributed by atoms with Gasteiger partial charge in [-0.15, -0.1) is 0 Å². The maximum absolute atomic E-state index is 12.7. The fraction of sp³-hybridized carbons (Fsp3) is 0.300. The maximum atomic E-state index is 12.7. The van der Waals surface area contributed by atoms with Crippen LogP contribution in [0.15, 0.2) is 12.3 Å². The van der Waals surface area contributed by atoms with Crippen LogP contribution in [0.4, 0.5) is 4.39 Å². The van der Waals surface area contributed by atoms with E-state index in [2.05, 4.69) is 4.98 Å². The third-order valence-corrected chi connectivity index (χ3v) is 1.72. The van der Waals surface area contributed by atoms with Crippen molar-refractivity contribution in [1.29, 1.82) is 5.26 Å². The Morgan fingerprint density at radius 1 is 1.73 bits per heavy atom. The molecule has 0 atom stereocenters. The van der Waals surface area contributed by atoms with E-state index in [1.807, 2.05) is 6.07 Å². The van der Waals surface area contributed by atoms with Gasteiger partial charge in [0.25, 0.3) is 0 Å². The number of esters is 1. The van der Waals surface area contributed by atoms with Gasteiger partial charge in [0.05, 0.1) is 18.6 Å². The minimum atomic E-state index is -0.715. The standard InChI is InChI=1S/C10H9FN2O2/c1-2-15-10(14)4-7-3-9(11)13-6-8(7)5-12/h3,6H,2,4H2,1H3. The fourth-order valence-corrected chi connectivity index (χ4v) is 1.08. The van der Waals surface area contributed by atoms with E-state index in [9.17, 15) is 9.18 Å². The average Bonchev–Trinajstić information content (AvgIpc) is 2.18. The van der Waals surface area contributed by atoms with Crippen molar-refractivity contribution in [2.75, 3.05) is 6.61 Å². The zero-order valence-electron chi connectivity index (χ0n) is 8.16. The number of halogens is 1. The third-order valence-electron chi connectivity index (χ3n) is 1.72. The summed E-state index contributed by atoms with van der Waals surface area (Å²) in [6, 6.07) is 2.90. The van der Waals surface area contributed by atoms with Crippen molar-refractivity contribution < 1.29 is 13.9 Å². The molecule has 1 heterocycles. The number of hydrogen-bond acceptors (Lipinski definition) is 4. The van der Waals surface area contributed by atoms with Gasteiger partial charge in [-0.2, -0.15) is 9.65 Å². The summed E-state index contributed by atoms with van der Waals surface area (Å²) in [4.78, 5) is 14.4. The molecule has 0 saturated heterocycles. The summed E-state index contributed by atoms with van der Waals surface area (Å²) in [6.07, 6.45) is 0.986. The predicted octanol–water partition coefficient (Wildman–Crippen LogP) is 1.20. The van der Waals surface area contributed by atoms with Gasteiger partial charge >= 0.3 is 5.97 Å². The molecule has 78 valence electrons. The molecule has 0 unspecified atom stereocenters. The summed E-state index contributed by atoms with van der Waals surface area (Å²) >= 11 is 0. The van der Waals surface area contributed by atoms with E-state index in [1.165, 1.54) is 0 Å². The monoisotopic (exact) mass is 208 g/mol. The van der Waals surface area contributed by atoms with Crippen LogP contribution in [0.2, 0.25) is 0 Å². The molecule has 1 aromatic rings. The number of aromatic nitrogens is 1. The first-order chi connectivity index (χ1) is 7.17. The van der Waals surface area contributed by atoms with Gasteiger partial charge in [0.15, 0.2) is 0 Å². The topological polar surface area (TPSA) is 63.0 Å². The molecule has 5 heteroatoms. The zero-order chi connectivity index (χ0) is 11.3. The second kappa shape index (κ2) is 5.05. The minimum Gasteiger partial charge on any atom is -0.466 e. The second-order valence-electron chi connectivity index (χ2n) is 2.76. The molecule has 1 aromatic heterocycles. The first kappa shape index (κ1) is 11.1. The van der Waals surface area contributed by atoms with Crippen LogP contribution in [0.25, 0.3) is 0 Å². The molecule has 1 rings (SSSR count). The molecule has 0 aliphatic carbocycles. The normalized spacial score (nSPS) is 9.40. The van der Waals surface area contributed by atoms with Crippen molar-refractivity contribution >= 4 is 5.97 Å². The number of carbonyl (C=O) groups is 1. The molecule has 0 fully saturated rings. The van der Waals surface area contributed by atoms with E-state index in [-0.39, 0.29) is 18.6 Å². The van der Waals surface area contributed by atoms with Crippen molar-refractivity contribution in [3.8, 4) is 6.07 Å². The number of carbonyl (C=O) groups excluding carboxylic acids is 1. The molecule has 0 N–H and O–H groups in total. The zero-order valence-corrected chi connectivity index (χ0v) is 8.16. The van der Waals surface area contributed by atoms with E-state index in [4.69, 9.17) is 10.00 Å². The molecule has 0 radical (unpaired) electrons. The van der Waals surface area contributed by atoms with Gasteiger partial charge in [-0.05, 0) is 18.6 Å². The maximum Gasteiger partial charge on any atom is 0.310 e. The predicted molar refractivity (Wildman–Crippen MR) is 49.2 cm³/mol. The summed E-state index contributed by atoms with van der Waals surface area (Å²) in [5, 5.41) is 8.69. The highest BCUT2D eigenvalue weighted by Crippen LogP contribution is 2.09. The SMILES string of the molecule is CCOC(=O)Cc1cc(F)ncc1C#N. The van der Waals surface area contributed by atoms with E-state index in [1.54, 1.807) is 6.92 Å². The van der Waals surface area contributed by atoms with Crippen LogP contribution >= 0.6 is 0 Å². The highest BCUT2D eigenvalue weighted by atomic mass is 19.1. The Balaban J connectivity index is 2.88. The molecule has 0 bridgehead atoms. The Kier molecular flexibility index (Phi) is 3.75. The van der Waals surface area contributed by atoms with Gasteiger partial charge in [-0.1, -0.05) is 0 Å². The highest BCUT2D eigenvalue weighted by molar-refractivity contribution is 5.73. The first-order valence-electron chi connectivity index (χ1n) is 4.37. The Labute approximate surface area is 86.3 Å². The number of nitriles is 1. The van der Waals surface area contributed by atoms with Crippen molar-refractivity contribution in [1.82, 2.24) is 4.98 Å². The molecular formula is C10H9FN2O2. The van der Waals surface area contributed by atoms with E-state index >= 15 is 0 Å². The quantitative estimate of drug-likeness (QED) is 0.553. The Bertz CT molecular complexity index is 412. The lowest BCUT2D eigenvalue weighted by Gasteiger charge is -2.03. The van der Waals surface area contributed by atoms with Crippen molar-refractivity contribution in [3.63, 3.8) is 0 Å². The van der Waals surface area contributed by atoms with Crippen molar-refractivity contribution in [3.05, 3.63) is 29.3 Å². The fourth-order valence-electron chi connectivity index (χ4n) is 1.08. The van der Waals surface area contributed by atoms with Crippen molar-refractivity contribution in [2.45, 2.75) is 13.3 Å². The van der Waals surface area contributed by atoms with Gasteiger partial charge in [0.2, 0.25) is 5.95 Å². The lowest BCUT2D eigenvalue weighted by molar-refractivity contribution is -0.142. The lowest BCUT2D eigenvalue weighted by atomic mass is 10.1. The number of rotatable bonds is 3. The van der Waals surface area contributed by atoms with E-state index < -0.39 is 11.9 Å². The highest BCUT2D eigenvalue weighted by Gasteiger charge is 2.10. The van der Waals surface area contributed by atoms with Crippen LogP contribution in [-0.2, 0) is 16.0 Å². The summed E-state index contributed by atoms with van der Waals surface area (Å²) < 4.78 is 17.4. The summed E-state index contributed by atoms with van der Waals surface area (Å²) in [5.41, 5.74) is 0.480. The minimum absolute atomic E-state index is 0.115. The van der Waals surface area contributed by atoms with Crippen LogP contribution in [-0.4, -0.2) is 17.6 Å². The van der Waals surface area contributed by atoms with E-state index in [0.717, 1.165) is 12.3 Å². The number of ether oxygens (including phenoxy) is 1. The largest absolute Gasteiger partial charge is 0.466 e. The number of hydrogen-bond donors (Lipinski definition) is 0. The molecule has 0 spiro atoms. The first-order valence-corrected chi connectivity index (χ1v) is 4.37. The van der Waals surface area contributed by atoms with Crippen molar-refractivity contribution in [2.24, 2.45) is 0 Å². The second-order valence-corrected chi connectivity index (χ2v) is 2.76.